The lowest BCUT2D eigenvalue weighted by Gasteiger charge is -2.23. The lowest BCUT2D eigenvalue weighted by molar-refractivity contribution is -0.141. The SMILES string of the molecule is CC(=O)NC(CN(C)c1cccc(C#N)c1)C(=O)O. The average molecular weight is 261 g/mol. The van der Waals surface area contributed by atoms with Crippen molar-refractivity contribution in [1.29, 1.82) is 5.26 Å². The third-order valence-corrected chi connectivity index (χ3v) is 2.55. The molecule has 0 aliphatic heterocycles. The molecule has 0 aromatic heterocycles. The second-order valence-corrected chi connectivity index (χ2v) is 4.13. The van der Waals surface area contributed by atoms with Gasteiger partial charge in [0, 0.05) is 26.2 Å². The van der Waals surface area contributed by atoms with Crippen molar-refractivity contribution in [2.45, 2.75) is 13.0 Å². The second kappa shape index (κ2) is 6.40. The zero-order valence-corrected chi connectivity index (χ0v) is 10.8. The number of hydrogen-bond acceptors (Lipinski definition) is 4. The molecule has 0 saturated heterocycles. The molecule has 19 heavy (non-hydrogen) atoms. The average Bonchev–Trinajstić information content (AvgIpc) is 2.37. The van der Waals surface area contributed by atoms with Crippen LogP contribution in [0.5, 0.6) is 0 Å². The Balaban J connectivity index is 2.81. The van der Waals surface area contributed by atoms with Gasteiger partial charge in [0.1, 0.15) is 6.04 Å². The molecule has 1 rings (SSSR count). The molecule has 2 N–H and O–H groups in total. The lowest BCUT2D eigenvalue weighted by Crippen LogP contribution is -2.47. The normalized spacial score (nSPS) is 11.2. The van der Waals surface area contributed by atoms with Gasteiger partial charge in [-0.1, -0.05) is 6.07 Å². The third-order valence-electron chi connectivity index (χ3n) is 2.55. The predicted molar refractivity (Wildman–Crippen MR) is 69.7 cm³/mol. The van der Waals surface area contributed by atoms with E-state index in [0.29, 0.717) is 5.56 Å². The van der Waals surface area contributed by atoms with Gasteiger partial charge in [0.05, 0.1) is 11.6 Å². The van der Waals surface area contributed by atoms with Crippen molar-refractivity contribution in [3.8, 4) is 6.07 Å². The number of hydrogen-bond donors (Lipinski definition) is 2. The van der Waals surface area contributed by atoms with Crippen molar-refractivity contribution in [1.82, 2.24) is 5.32 Å². The summed E-state index contributed by atoms with van der Waals surface area (Å²) in [4.78, 5) is 23.6. The van der Waals surface area contributed by atoms with Gasteiger partial charge in [0.2, 0.25) is 5.91 Å². The third kappa shape index (κ3) is 4.32. The number of likely N-dealkylation sites (N-methyl/N-ethyl adjacent to an activating group) is 1. The standard InChI is InChI=1S/C13H15N3O3/c1-9(17)15-12(13(18)19)8-16(2)11-5-3-4-10(6-11)7-14/h3-6,12H,8H2,1-2H3,(H,15,17)(H,18,19). The molecule has 0 aliphatic rings. The van der Waals surface area contributed by atoms with Crippen LogP contribution in [0.25, 0.3) is 0 Å². The number of carbonyl (C=O) groups is 2. The van der Waals surface area contributed by atoms with Crippen LogP contribution in [-0.4, -0.2) is 36.6 Å². The maximum Gasteiger partial charge on any atom is 0.328 e. The van der Waals surface area contributed by atoms with Crippen molar-refractivity contribution >= 4 is 17.6 Å². The van der Waals surface area contributed by atoms with Crippen molar-refractivity contribution in [3.63, 3.8) is 0 Å². The Morgan fingerprint density at radius 2 is 2.21 bits per heavy atom. The summed E-state index contributed by atoms with van der Waals surface area (Å²) in [6, 6.07) is 7.84. The van der Waals surface area contributed by atoms with E-state index in [9.17, 15) is 9.59 Å². The Morgan fingerprint density at radius 3 is 2.74 bits per heavy atom. The topological polar surface area (TPSA) is 93.4 Å². The van der Waals surface area contributed by atoms with Crippen LogP contribution in [0.4, 0.5) is 5.69 Å². The number of carboxylic acid groups (broad SMARTS) is 1. The summed E-state index contributed by atoms with van der Waals surface area (Å²) in [7, 11) is 1.70. The van der Waals surface area contributed by atoms with Crippen molar-refractivity contribution in [2.24, 2.45) is 0 Å². The molecular formula is C13H15N3O3. The number of amides is 1. The van der Waals surface area contributed by atoms with Gasteiger partial charge in [-0.05, 0) is 18.2 Å². The number of nitrogens with one attached hydrogen (secondary N) is 1. The second-order valence-electron chi connectivity index (χ2n) is 4.13. The number of benzene rings is 1. The number of rotatable bonds is 5. The van der Waals surface area contributed by atoms with Gasteiger partial charge in [0.15, 0.2) is 0 Å². The number of carboxylic acids is 1. The summed E-state index contributed by atoms with van der Waals surface area (Å²) in [5.74, 6) is -1.50. The highest BCUT2D eigenvalue weighted by atomic mass is 16.4. The van der Waals surface area contributed by atoms with Crippen LogP contribution in [0.1, 0.15) is 12.5 Å². The Morgan fingerprint density at radius 1 is 1.53 bits per heavy atom. The van der Waals surface area contributed by atoms with Gasteiger partial charge in [-0.15, -0.1) is 0 Å². The smallest absolute Gasteiger partial charge is 0.328 e. The molecule has 1 aromatic rings. The molecule has 0 radical (unpaired) electrons. The van der Waals surface area contributed by atoms with E-state index in [1.54, 1.807) is 36.2 Å². The molecule has 0 heterocycles. The Bertz CT molecular complexity index is 522. The molecular weight excluding hydrogens is 246 g/mol. The molecule has 1 amide bonds. The van der Waals surface area contributed by atoms with E-state index in [-0.39, 0.29) is 6.54 Å². The number of carbonyl (C=O) groups excluding carboxylic acids is 1. The Kier molecular flexibility index (Phi) is 4.89. The van der Waals surface area contributed by atoms with Crippen LogP contribution in [0.3, 0.4) is 0 Å². The van der Waals surface area contributed by atoms with Gasteiger partial charge < -0.3 is 15.3 Å². The molecule has 1 aromatic carbocycles. The summed E-state index contributed by atoms with van der Waals surface area (Å²) in [5, 5.41) is 20.2. The summed E-state index contributed by atoms with van der Waals surface area (Å²) in [6.07, 6.45) is 0. The van der Waals surface area contributed by atoms with E-state index in [4.69, 9.17) is 10.4 Å². The fourth-order valence-electron chi connectivity index (χ4n) is 1.62. The minimum absolute atomic E-state index is 0.115. The van der Waals surface area contributed by atoms with Crippen molar-refractivity contribution < 1.29 is 14.7 Å². The van der Waals surface area contributed by atoms with E-state index in [2.05, 4.69) is 5.32 Å². The number of anilines is 1. The molecule has 0 aliphatic carbocycles. The monoisotopic (exact) mass is 261 g/mol. The first-order chi connectivity index (χ1) is 8.93. The highest BCUT2D eigenvalue weighted by molar-refractivity contribution is 5.82. The minimum Gasteiger partial charge on any atom is -0.480 e. The van der Waals surface area contributed by atoms with Gasteiger partial charge in [-0.3, -0.25) is 4.79 Å². The fourth-order valence-corrected chi connectivity index (χ4v) is 1.62. The van der Waals surface area contributed by atoms with Gasteiger partial charge in [-0.25, -0.2) is 4.79 Å². The van der Waals surface area contributed by atoms with E-state index in [1.165, 1.54) is 6.92 Å². The van der Waals surface area contributed by atoms with E-state index >= 15 is 0 Å². The van der Waals surface area contributed by atoms with Gasteiger partial charge in [-0.2, -0.15) is 5.26 Å². The van der Waals surface area contributed by atoms with E-state index in [0.717, 1.165) is 5.69 Å². The summed E-state index contributed by atoms with van der Waals surface area (Å²) in [6.45, 7) is 1.38. The first-order valence-electron chi connectivity index (χ1n) is 5.65. The summed E-state index contributed by atoms with van der Waals surface area (Å²) in [5.41, 5.74) is 1.21. The number of nitrogens with zero attached hydrogens (tertiary/aromatic N) is 2. The molecule has 1 atom stereocenters. The van der Waals surface area contributed by atoms with Gasteiger partial charge >= 0.3 is 5.97 Å². The first kappa shape index (κ1) is 14.5. The zero-order chi connectivity index (χ0) is 14.4. The summed E-state index contributed by atoms with van der Waals surface area (Å²) < 4.78 is 0. The number of nitriles is 1. The van der Waals surface area contributed by atoms with E-state index in [1.807, 2.05) is 6.07 Å². The van der Waals surface area contributed by atoms with Gasteiger partial charge in [0.25, 0.3) is 0 Å². The quantitative estimate of drug-likeness (QED) is 0.808. The largest absolute Gasteiger partial charge is 0.480 e. The minimum atomic E-state index is -1.10. The zero-order valence-electron chi connectivity index (χ0n) is 10.8. The maximum atomic E-state index is 11.0. The summed E-state index contributed by atoms with van der Waals surface area (Å²) >= 11 is 0. The predicted octanol–water partition coefficient (Wildman–Crippen LogP) is 0.584. The molecule has 6 nitrogen and oxygen atoms in total. The fraction of sp³-hybridized carbons (Fsp3) is 0.308. The lowest BCUT2D eigenvalue weighted by atomic mass is 10.2. The molecule has 0 saturated carbocycles. The van der Waals surface area contributed by atoms with Crippen LogP contribution in [0, 0.1) is 11.3 Å². The molecule has 6 heteroatoms. The molecule has 0 fully saturated rings. The Hall–Kier alpha value is -2.55. The molecule has 100 valence electrons. The number of aliphatic carboxylic acids is 1. The first-order valence-corrected chi connectivity index (χ1v) is 5.65. The van der Waals surface area contributed by atoms with Crippen LogP contribution < -0.4 is 10.2 Å². The molecule has 0 spiro atoms. The van der Waals surface area contributed by atoms with Crippen LogP contribution in [0.15, 0.2) is 24.3 Å². The van der Waals surface area contributed by atoms with Crippen LogP contribution >= 0.6 is 0 Å². The van der Waals surface area contributed by atoms with E-state index < -0.39 is 17.9 Å². The van der Waals surface area contributed by atoms with Crippen molar-refractivity contribution in [3.05, 3.63) is 29.8 Å². The van der Waals surface area contributed by atoms with Crippen LogP contribution in [0.2, 0.25) is 0 Å². The molecule has 1 unspecified atom stereocenters. The highest BCUT2D eigenvalue weighted by Crippen LogP contribution is 2.14. The maximum absolute atomic E-state index is 11.0. The highest BCUT2D eigenvalue weighted by Gasteiger charge is 2.20. The van der Waals surface area contributed by atoms with Crippen molar-refractivity contribution in [2.75, 3.05) is 18.5 Å². The Labute approximate surface area is 111 Å². The van der Waals surface area contributed by atoms with Crippen LogP contribution in [-0.2, 0) is 9.59 Å². The molecule has 0 bridgehead atoms.